The van der Waals surface area contributed by atoms with E-state index in [4.69, 9.17) is 16.3 Å². The number of nitrogens with zero attached hydrogens (tertiary/aromatic N) is 1. The molecule has 0 radical (unpaired) electrons. The van der Waals surface area contributed by atoms with Gasteiger partial charge in [0.2, 0.25) is 0 Å². The largest absolute Gasteiger partial charge is 0.495 e. The van der Waals surface area contributed by atoms with E-state index >= 15 is 0 Å². The van der Waals surface area contributed by atoms with Crippen molar-refractivity contribution in [3.8, 4) is 5.75 Å². The van der Waals surface area contributed by atoms with Crippen LogP contribution in [0, 0.1) is 0 Å². The molecule has 2 N–H and O–H groups in total. The summed E-state index contributed by atoms with van der Waals surface area (Å²) in [5.74, 6) is 0.323. The summed E-state index contributed by atoms with van der Waals surface area (Å²) in [6, 6.07) is 16.3. The van der Waals surface area contributed by atoms with Crippen LogP contribution in [0.4, 0.5) is 17.1 Å². The maximum absolute atomic E-state index is 12.5. The summed E-state index contributed by atoms with van der Waals surface area (Å²) in [5.41, 5.74) is 2.53. The van der Waals surface area contributed by atoms with Crippen molar-refractivity contribution in [2.45, 2.75) is 0 Å². The normalized spacial score (nSPS) is 10.2. The molecule has 0 fully saturated rings. The minimum atomic E-state index is -0.272. The molecule has 1 heterocycles. The van der Waals surface area contributed by atoms with Crippen molar-refractivity contribution < 1.29 is 9.53 Å². The smallest absolute Gasteiger partial charge is 0.257 e. The standard InChI is InChI=1S/C19H16ClN3O2/c1-25-18-8-3-2-7-17(18)23-19(24)13-9-16(12-21-11-13)22-15-6-4-5-14(20)10-15/h2-12,22H,1H3,(H,23,24). The number of methoxy groups -OCH3 is 1. The minimum Gasteiger partial charge on any atom is -0.495 e. The van der Waals surface area contributed by atoms with Crippen LogP contribution in [0.25, 0.3) is 0 Å². The van der Waals surface area contributed by atoms with E-state index in [1.165, 1.54) is 6.20 Å². The van der Waals surface area contributed by atoms with Gasteiger partial charge in [0.15, 0.2) is 0 Å². The molecule has 126 valence electrons. The highest BCUT2D eigenvalue weighted by Gasteiger charge is 2.10. The van der Waals surface area contributed by atoms with Crippen LogP contribution in [0.5, 0.6) is 5.75 Å². The zero-order valence-electron chi connectivity index (χ0n) is 13.5. The van der Waals surface area contributed by atoms with Gasteiger partial charge in [0, 0.05) is 16.9 Å². The van der Waals surface area contributed by atoms with Crippen molar-refractivity contribution >= 4 is 34.6 Å². The Balaban J connectivity index is 1.77. The number of para-hydroxylation sites is 2. The Morgan fingerprint density at radius 2 is 1.88 bits per heavy atom. The van der Waals surface area contributed by atoms with Crippen LogP contribution < -0.4 is 15.4 Å². The number of ether oxygens (including phenoxy) is 1. The molecule has 0 saturated heterocycles. The van der Waals surface area contributed by atoms with E-state index in [0.717, 1.165) is 5.69 Å². The number of anilines is 3. The van der Waals surface area contributed by atoms with Gasteiger partial charge < -0.3 is 15.4 Å². The van der Waals surface area contributed by atoms with Gasteiger partial charge in [0.25, 0.3) is 5.91 Å². The summed E-state index contributed by atoms with van der Waals surface area (Å²) in [7, 11) is 1.56. The highest BCUT2D eigenvalue weighted by atomic mass is 35.5. The number of carbonyl (C=O) groups excluding carboxylic acids is 1. The molecule has 25 heavy (non-hydrogen) atoms. The molecular weight excluding hydrogens is 338 g/mol. The third-order valence-electron chi connectivity index (χ3n) is 3.47. The Bertz CT molecular complexity index is 899. The second-order valence-electron chi connectivity index (χ2n) is 5.25. The maximum Gasteiger partial charge on any atom is 0.257 e. The van der Waals surface area contributed by atoms with E-state index in [2.05, 4.69) is 15.6 Å². The number of amides is 1. The molecule has 0 atom stereocenters. The summed E-state index contributed by atoms with van der Waals surface area (Å²) in [4.78, 5) is 16.6. The third-order valence-corrected chi connectivity index (χ3v) is 3.70. The molecule has 6 heteroatoms. The Labute approximate surface area is 150 Å². The summed E-state index contributed by atoms with van der Waals surface area (Å²) in [6.45, 7) is 0. The first-order chi connectivity index (χ1) is 12.2. The van der Waals surface area contributed by atoms with Crippen molar-refractivity contribution in [3.05, 3.63) is 77.6 Å². The van der Waals surface area contributed by atoms with Crippen LogP contribution >= 0.6 is 11.6 Å². The van der Waals surface area contributed by atoms with E-state index in [0.29, 0.717) is 27.7 Å². The molecule has 0 aliphatic rings. The van der Waals surface area contributed by atoms with Gasteiger partial charge in [0.05, 0.1) is 30.2 Å². The lowest BCUT2D eigenvalue weighted by atomic mass is 10.2. The number of nitrogens with one attached hydrogen (secondary N) is 2. The number of rotatable bonds is 5. The highest BCUT2D eigenvalue weighted by Crippen LogP contribution is 2.24. The molecule has 5 nitrogen and oxygen atoms in total. The van der Waals surface area contributed by atoms with E-state index in [1.807, 2.05) is 24.3 Å². The maximum atomic E-state index is 12.5. The van der Waals surface area contributed by atoms with E-state index in [-0.39, 0.29) is 5.91 Å². The fourth-order valence-corrected chi connectivity index (χ4v) is 2.50. The average molecular weight is 354 g/mol. The first-order valence-electron chi connectivity index (χ1n) is 7.58. The van der Waals surface area contributed by atoms with Crippen molar-refractivity contribution in [2.24, 2.45) is 0 Å². The number of carbonyl (C=O) groups is 1. The van der Waals surface area contributed by atoms with Gasteiger partial charge in [-0.05, 0) is 36.4 Å². The minimum absolute atomic E-state index is 0.272. The predicted molar refractivity (Wildman–Crippen MR) is 99.9 cm³/mol. The van der Waals surface area contributed by atoms with Crippen molar-refractivity contribution in [3.63, 3.8) is 0 Å². The molecule has 2 aromatic carbocycles. The van der Waals surface area contributed by atoms with E-state index in [9.17, 15) is 4.79 Å². The number of aromatic nitrogens is 1. The van der Waals surface area contributed by atoms with Crippen LogP contribution in [0.15, 0.2) is 67.0 Å². The molecule has 1 amide bonds. The number of pyridine rings is 1. The molecular formula is C19H16ClN3O2. The third kappa shape index (κ3) is 4.28. The fraction of sp³-hybridized carbons (Fsp3) is 0.0526. The Morgan fingerprint density at radius 3 is 2.68 bits per heavy atom. The molecule has 0 unspecified atom stereocenters. The zero-order chi connectivity index (χ0) is 17.6. The summed E-state index contributed by atoms with van der Waals surface area (Å²) in [6.07, 6.45) is 3.15. The molecule has 3 aromatic rings. The van der Waals surface area contributed by atoms with Gasteiger partial charge in [-0.2, -0.15) is 0 Å². The predicted octanol–water partition coefficient (Wildman–Crippen LogP) is 4.74. The van der Waals surface area contributed by atoms with Crippen LogP contribution in [0.3, 0.4) is 0 Å². The molecule has 0 bridgehead atoms. The fourth-order valence-electron chi connectivity index (χ4n) is 2.31. The van der Waals surface area contributed by atoms with Crippen LogP contribution in [0.2, 0.25) is 5.02 Å². The highest BCUT2D eigenvalue weighted by molar-refractivity contribution is 6.30. The van der Waals surface area contributed by atoms with Gasteiger partial charge in [-0.25, -0.2) is 0 Å². The number of hydrogen-bond donors (Lipinski definition) is 2. The Kier molecular flexibility index (Phi) is 5.16. The molecule has 1 aromatic heterocycles. The van der Waals surface area contributed by atoms with E-state index < -0.39 is 0 Å². The molecule has 3 rings (SSSR count). The molecule has 0 aliphatic carbocycles. The molecule has 0 aliphatic heterocycles. The van der Waals surface area contributed by atoms with Crippen molar-refractivity contribution in [1.82, 2.24) is 4.98 Å². The quantitative estimate of drug-likeness (QED) is 0.695. The topological polar surface area (TPSA) is 63.2 Å². The lowest BCUT2D eigenvalue weighted by molar-refractivity contribution is 0.102. The van der Waals surface area contributed by atoms with Crippen molar-refractivity contribution in [1.29, 1.82) is 0 Å². The monoisotopic (exact) mass is 353 g/mol. The second-order valence-corrected chi connectivity index (χ2v) is 5.69. The van der Waals surface area contributed by atoms with Gasteiger partial charge in [0.1, 0.15) is 5.75 Å². The number of halogens is 1. The molecule has 0 saturated carbocycles. The Morgan fingerprint density at radius 1 is 1.04 bits per heavy atom. The van der Waals surface area contributed by atoms with Gasteiger partial charge in [-0.15, -0.1) is 0 Å². The van der Waals surface area contributed by atoms with Gasteiger partial charge >= 0.3 is 0 Å². The number of benzene rings is 2. The second kappa shape index (κ2) is 7.68. The number of hydrogen-bond acceptors (Lipinski definition) is 4. The van der Waals surface area contributed by atoms with E-state index in [1.54, 1.807) is 43.6 Å². The zero-order valence-corrected chi connectivity index (χ0v) is 14.2. The van der Waals surface area contributed by atoms with Crippen molar-refractivity contribution in [2.75, 3.05) is 17.7 Å². The SMILES string of the molecule is COc1ccccc1NC(=O)c1cncc(Nc2cccc(Cl)c2)c1. The average Bonchev–Trinajstić information content (AvgIpc) is 2.62. The summed E-state index contributed by atoms with van der Waals surface area (Å²) < 4.78 is 5.24. The molecule has 0 spiro atoms. The van der Waals surface area contributed by atoms with Crippen LogP contribution in [-0.4, -0.2) is 18.0 Å². The van der Waals surface area contributed by atoms with Crippen LogP contribution in [-0.2, 0) is 0 Å². The van der Waals surface area contributed by atoms with Gasteiger partial charge in [-0.1, -0.05) is 29.8 Å². The van der Waals surface area contributed by atoms with Crippen LogP contribution in [0.1, 0.15) is 10.4 Å². The lowest BCUT2D eigenvalue weighted by Crippen LogP contribution is -2.13. The lowest BCUT2D eigenvalue weighted by Gasteiger charge is -2.11. The summed E-state index contributed by atoms with van der Waals surface area (Å²) >= 11 is 5.98. The Hall–Kier alpha value is -3.05. The summed E-state index contributed by atoms with van der Waals surface area (Å²) in [5, 5.41) is 6.63. The first-order valence-corrected chi connectivity index (χ1v) is 7.95. The first kappa shape index (κ1) is 16.8. The van der Waals surface area contributed by atoms with Gasteiger partial charge in [-0.3, -0.25) is 9.78 Å².